The van der Waals surface area contributed by atoms with Crippen LogP contribution in [0.4, 0.5) is 0 Å². The van der Waals surface area contributed by atoms with Crippen LogP contribution in [-0.4, -0.2) is 53.2 Å². The van der Waals surface area contributed by atoms with Gasteiger partial charge in [-0.1, -0.05) is 36.9 Å². The maximum absolute atomic E-state index is 13.1. The molecule has 5 rings (SSSR count). The zero-order valence-electron chi connectivity index (χ0n) is 23.4. The molecule has 2 atom stereocenters. The zero-order chi connectivity index (χ0) is 28.1. The summed E-state index contributed by atoms with van der Waals surface area (Å²) in [6, 6.07) is 11.5. The van der Waals surface area contributed by atoms with E-state index in [4.69, 9.17) is 11.6 Å². The van der Waals surface area contributed by atoms with Crippen molar-refractivity contribution in [3.63, 3.8) is 0 Å². The predicted molar refractivity (Wildman–Crippen MR) is 124 cm³/mol. The molecule has 0 aromatic heterocycles. The molecule has 8 nitrogen and oxygen atoms in total. The van der Waals surface area contributed by atoms with Crippen LogP contribution in [0.3, 0.4) is 0 Å². The van der Waals surface area contributed by atoms with Crippen molar-refractivity contribution in [3.05, 3.63) is 77.0 Å². The largest absolute Gasteiger partial charge is 0.489 e. The minimum atomic E-state index is -2.83. The lowest BCUT2D eigenvalue weighted by atomic mass is 10.0. The van der Waals surface area contributed by atoms with E-state index < -0.39 is 31.6 Å². The molecule has 3 amide bonds. The van der Waals surface area contributed by atoms with Gasteiger partial charge in [0.05, 0.1) is 20.0 Å². The van der Waals surface area contributed by atoms with Crippen LogP contribution in [0.2, 0.25) is 0 Å². The predicted octanol–water partition coefficient (Wildman–Crippen LogP) is 2.37. The molecule has 2 aromatic rings. The summed E-state index contributed by atoms with van der Waals surface area (Å²) in [4.78, 5) is 40.1. The second-order valence-corrected chi connectivity index (χ2v) is 8.34. The van der Waals surface area contributed by atoms with Crippen LogP contribution in [0.5, 0.6) is 5.75 Å². The first-order valence-electron chi connectivity index (χ1n) is 13.5. The zero-order valence-corrected chi connectivity index (χ0v) is 18.4. The molecule has 0 spiro atoms. The maximum atomic E-state index is 13.1. The topological polar surface area (TPSA) is 88.2 Å². The molecule has 0 bridgehead atoms. The summed E-state index contributed by atoms with van der Waals surface area (Å²) in [7, 11) is 0. The Labute approximate surface area is 205 Å². The van der Waals surface area contributed by atoms with Gasteiger partial charge in [-0.15, -0.1) is 0 Å². The number of rotatable bonds is 6. The Bertz CT molecular complexity index is 1350. The van der Waals surface area contributed by atoms with Crippen LogP contribution >= 0.6 is 0 Å². The number of hydrogen-bond acceptors (Lipinski definition) is 5. The van der Waals surface area contributed by atoms with Gasteiger partial charge in [-0.2, -0.15) is 0 Å². The highest BCUT2D eigenvalue weighted by Crippen LogP contribution is 2.34. The minimum Gasteiger partial charge on any atom is -0.489 e. The summed E-state index contributed by atoms with van der Waals surface area (Å²) < 4.78 is 49.9. The third kappa shape index (κ3) is 4.41. The van der Waals surface area contributed by atoms with E-state index >= 15 is 0 Å². The van der Waals surface area contributed by atoms with Gasteiger partial charge in [0.25, 0.3) is 5.91 Å². The first kappa shape index (κ1) is 16.9. The molecule has 2 saturated heterocycles. The summed E-state index contributed by atoms with van der Waals surface area (Å²) >= 11 is 0. The van der Waals surface area contributed by atoms with Crippen LogP contribution in [-0.2, 0) is 34.0 Å². The Morgan fingerprint density at radius 3 is 2.74 bits per heavy atom. The quantitative estimate of drug-likeness (QED) is 0.706. The van der Waals surface area contributed by atoms with E-state index in [1.165, 1.54) is 0 Å². The molecular formula is C26H27N3O5. The van der Waals surface area contributed by atoms with Gasteiger partial charge in [0.15, 0.2) is 0 Å². The fourth-order valence-electron chi connectivity index (χ4n) is 4.25. The average Bonchev–Trinajstić information content (AvgIpc) is 3.21. The second kappa shape index (κ2) is 9.30. The molecule has 3 heterocycles. The Kier molecular flexibility index (Phi) is 4.62. The molecule has 2 unspecified atom stereocenters. The fourth-order valence-corrected chi connectivity index (χ4v) is 4.25. The van der Waals surface area contributed by atoms with Gasteiger partial charge >= 0.3 is 0 Å². The van der Waals surface area contributed by atoms with Gasteiger partial charge in [-0.25, -0.2) is 0 Å². The first-order chi connectivity index (χ1) is 18.4. The van der Waals surface area contributed by atoms with Crippen molar-refractivity contribution in [1.29, 1.82) is 0 Å². The van der Waals surface area contributed by atoms with Crippen molar-refractivity contribution < 1.29 is 30.7 Å². The van der Waals surface area contributed by atoms with Gasteiger partial charge in [0, 0.05) is 29.9 Å². The SMILES string of the molecule is [2H]C1OC([2H])([2H])C([2H])([2H])N(Cc2ccc(COc3cccc4c3CN(C3CCC(=C)NC3=O)C4=O)cc2)C1=O. The molecule has 0 saturated carbocycles. The molecule has 8 heteroatoms. The molecule has 2 aromatic carbocycles. The van der Waals surface area contributed by atoms with Crippen molar-refractivity contribution in [3.8, 4) is 5.75 Å². The summed E-state index contributed by atoms with van der Waals surface area (Å²) in [6.45, 7) is -3.46. The molecule has 0 radical (unpaired) electrons. The number of fused-ring (bicyclic) bond motifs is 1. The van der Waals surface area contributed by atoms with Crippen LogP contribution in [0.15, 0.2) is 54.7 Å². The van der Waals surface area contributed by atoms with E-state index in [-0.39, 0.29) is 31.5 Å². The Hall–Kier alpha value is -3.65. The van der Waals surface area contributed by atoms with Crippen molar-refractivity contribution in [2.75, 3.05) is 19.6 Å². The summed E-state index contributed by atoms with van der Waals surface area (Å²) in [5.74, 6) is -0.885. The lowest BCUT2D eigenvalue weighted by molar-refractivity contribution is -0.143. The van der Waals surface area contributed by atoms with Gasteiger partial charge in [-0.05, 0) is 36.1 Å². The second-order valence-electron chi connectivity index (χ2n) is 8.34. The highest BCUT2D eigenvalue weighted by atomic mass is 16.5. The number of carbonyl (C=O) groups is 3. The summed E-state index contributed by atoms with van der Waals surface area (Å²) in [5.41, 5.74) is 3.16. The number of allylic oxidation sites excluding steroid dienone is 1. The summed E-state index contributed by atoms with van der Waals surface area (Å²) in [6.07, 6.45) is 1.12. The summed E-state index contributed by atoms with van der Waals surface area (Å²) in [5, 5.41) is 2.72. The average molecular weight is 467 g/mol. The fraction of sp³-hybridized carbons (Fsp3) is 0.346. The van der Waals surface area contributed by atoms with Crippen LogP contribution < -0.4 is 10.1 Å². The number of amides is 3. The third-order valence-electron chi connectivity index (χ3n) is 6.07. The van der Waals surface area contributed by atoms with Gasteiger partial charge in [0.2, 0.25) is 11.8 Å². The minimum absolute atomic E-state index is 0.170. The number of nitrogens with zero attached hydrogens (tertiary/aromatic N) is 2. The molecule has 176 valence electrons. The van der Waals surface area contributed by atoms with E-state index in [1.807, 2.05) is 0 Å². The normalized spacial score (nSPS) is 27.7. The lowest BCUT2D eigenvalue weighted by Crippen LogP contribution is -2.49. The van der Waals surface area contributed by atoms with Crippen LogP contribution in [0, 0.1) is 0 Å². The van der Waals surface area contributed by atoms with Crippen molar-refractivity contribution in [2.24, 2.45) is 0 Å². The third-order valence-corrected chi connectivity index (χ3v) is 6.07. The van der Waals surface area contributed by atoms with E-state index in [0.717, 1.165) is 5.56 Å². The number of ether oxygens (including phenoxy) is 2. The van der Waals surface area contributed by atoms with Crippen molar-refractivity contribution >= 4 is 17.7 Å². The Balaban J connectivity index is 1.25. The van der Waals surface area contributed by atoms with Crippen LogP contribution in [0.25, 0.3) is 0 Å². The molecule has 1 N–H and O–H groups in total. The Morgan fingerprint density at radius 1 is 1.15 bits per heavy atom. The number of piperidine rings is 1. The van der Waals surface area contributed by atoms with Crippen LogP contribution in [0.1, 0.15) is 46.7 Å². The van der Waals surface area contributed by atoms with E-state index in [0.29, 0.717) is 45.9 Å². The standard InChI is InChI=1S/C26H27N3O5/c1-17-5-10-22(25(31)27-17)29-14-21-20(26(29)32)3-2-4-23(21)34-15-19-8-6-18(7-9-19)13-28-11-12-33-16-24(28)30/h2-4,6-9,22H,1,5,10-16H2,(H,27,31)/i11D2,12D2,16D. The molecule has 3 aliphatic rings. The number of benzene rings is 2. The monoisotopic (exact) mass is 466 g/mol. The molecule has 0 aliphatic carbocycles. The van der Waals surface area contributed by atoms with E-state index in [9.17, 15) is 14.4 Å². The first-order valence-corrected chi connectivity index (χ1v) is 10.9. The van der Waals surface area contributed by atoms with Gasteiger partial charge in [0.1, 0.15) is 25.0 Å². The highest BCUT2D eigenvalue weighted by Gasteiger charge is 2.39. The molecule has 2 fully saturated rings. The van der Waals surface area contributed by atoms with E-state index in [2.05, 4.69) is 16.6 Å². The van der Waals surface area contributed by atoms with E-state index in [1.54, 1.807) is 47.4 Å². The smallest absolute Gasteiger partial charge is 0.255 e. The maximum Gasteiger partial charge on any atom is 0.255 e. The Morgan fingerprint density at radius 2 is 1.94 bits per heavy atom. The molecule has 3 aliphatic heterocycles. The highest BCUT2D eigenvalue weighted by molar-refractivity contribution is 6.02. The lowest BCUT2D eigenvalue weighted by Gasteiger charge is -2.31. The number of hydrogen-bond donors (Lipinski definition) is 1. The molecule has 34 heavy (non-hydrogen) atoms. The number of morpholine rings is 1. The number of nitrogens with one attached hydrogen (secondary N) is 1. The van der Waals surface area contributed by atoms with Gasteiger partial charge < -0.3 is 24.6 Å². The van der Waals surface area contributed by atoms with Gasteiger partial charge in [-0.3, -0.25) is 14.4 Å². The van der Waals surface area contributed by atoms with Crippen molar-refractivity contribution in [1.82, 2.24) is 15.1 Å². The van der Waals surface area contributed by atoms with Crippen molar-refractivity contribution in [2.45, 2.75) is 38.6 Å². The molecular weight excluding hydrogens is 434 g/mol. The number of carbonyl (C=O) groups excluding carboxylic acids is 3.